The van der Waals surface area contributed by atoms with Gasteiger partial charge in [0.25, 0.3) is 5.91 Å². The summed E-state index contributed by atoms with van der Waals surface area (Å²) >= 11 is 0. The van der Waals surface area contributed by atoms with E-state index in [-0.39, 0.29) is 17.5 Å². The van der Waals surface area contributed by atoms with Crippen LogP contribution >= 0.6 is 0 Å². The van der Waals surface area contributed by atoms with E-state index in [0.29, 0.717) is 22.9 Å². The number of nitrogens with one attached hydrogen (secondary N) is 3. The zero-order valence-corrected chi connectivity index (χ0v) is 17.3. The van der Waals surface area contributed by atoms with E-state index in [1.165, 1.54) is 20.2 Å². The number of nitrogens with zero attached hydrogens (tertiary/aromatic N) is 1. The first-order chi connectivity index (χ1) is 14.4. The van der Waals surface area contributed by atoms with Gasteiger partial charge in [-0.15, -0.1) is 0 Å². The maximum absolute atomic E-state index is 12.5. The smallest absolute Gasteiger partial charge is 0.263 e. The third-order valence-electron chi connectivity index (χ3n) is 4.19. The van der Waals surface area contributed by atoms with Crippen molar-refractivity contribution < 1.29 is 19.1 Å². The monoisotopic (exact) mass is 408 g/mol. The SMILES string of the molecule is COc1ccc(C(C)NC(=O)/C(C#N)=C\Nc2cccc(NC(C)=O)c2)cc1OC. The van der Waals surface area contributed by atoms with Gasteiger partial charge in [-0.05, 0) is 42.8 Å². The fourth-order valence-corrected chi connectivity index (χ4v) is 2.67. The van der Waals surface area contributed by atoms with Gasteiger partial charge in [-0.3, -0.25) is 9.59 Å². The van der Waals surface area contributed by atoms with Crippen molar-refractivity contribution in [2.75, 3.05) is 24.9 Å². The van der Waals surface area contributed by atoms with Gasteiger partial charge in [-0.2, -0.15) is 5.26 Å². The average molecular weight is 408 g/mol. The molecule has 0 radical (unpaired) electrons. The summed E-state index contributed by atoms with van der Waals surface area (Å²) < 4.78 is 10.5. The maximum atomic E-state index is 12.5. The van der Waals surface area contributed by atoms with Gasteiger partial charge in [-0.25, -0.2) is 0 Å². The molecule has 0 aliphatic heterocycles. The maximum Gasteiger partial charge on any atom is 0.263 e. The van der Waals surface area contributed by atoms with E-state index in [4.69, 9.17) is 9.47 Å². The highest BCUT2D eigenvalue weighted by atomic mass is 16.5. The van der Waals surface area contributed by atoms with Gasteiger partial charge in [0.2, 0.25) is 5.91 Å². The number of nitriles is 1. The molecule has 0 spiro atoms. The van der Waals surface area contributed by atoms with Gasteiger partial charge in [0.15, 0.2) is 11.5 Å². The summed E-state index contributed by atoms with van der Waals surface area (Å²) in [4.78, 5) is 23.7. The molecule has 0 heterocycles. The van der Waals surface area contributed by atoms with Crippen LogP contribution in [-0.4, -0.2) is 26.0 Å². The van der Waals surface area contributed by atoms with Crippen LogP contribution in [-0.2, 0) is 9.59 Å². The standard InChI is InChI=1S/C22H24N4O4/c1-14(16-8-9-20(29-3)21(10-16)30-4)25-22(28)17(12-23)13-24-18-6-5-7-19(11-18)26-15(2)27/h5-11,13-14,24H,1-4H3,(H,25,28)(H,26,27)/b17-13-. The van der Waals surface area contributed by atoms with E-state index in [1.54, 1.807) is 50.4 Å². The number of rotatable bonds is 8. The molecule has 0 bridgehead atoms. The van der Waals surface area contributed by atoms with Crippen LogP contribution in [0.15, 0.2) is 54.2 Å². The Morgan fingerprint density at radius 1 is 1.07 bits per heavy atom. The lowest BCUT2D eigenvalue weighted by Gasteiger charge is -2.16. The number of hydrogen-bond acceptors (Lipinski definition) is 6. The molecule has 156 valence electrons. The number of hydrogen-bond donors (Lipinski definition) is 3. The Hall–Kier alpha value is -3.99. The van der Waals surface area contributed by atoms with Gasteiger partial charge < -0.3 is 25.4 Å². The van der Waals surface area contributed by atoms with Crippen LogP contribution in [0.25, 0.3) is 0 Å². The molecule has 0 aliphatic rings. The minimum absolute atomic E-state index is 0.0905. The summed E-state index contributed by atoms with van der Waals surface area (Å²) in [6.07, 6.45) is 1.32. The second-order valence-corrected chi connectivity index (χ2v) is 6.39. The van der Waals surface area contributed by atoms with E-state index in [1.807, 2.05) is 12.1 Å². The lowest BCUT2D eigenvalue weighted by molar-refractivity contribution is -0.117. The molecule has 0 saturated heterocycles. The van der Waals surface area contributed by atoms with Crippen LogP contribution in [0.2, 0.25) is 0 Å². The van der Waals surface area contributed by atoms with Crippen molar-refractivity contribution in [1.29, 1.82) is 5.26 Å². The second-order valence-electron chi connectivity index (χ2n) is 6.39. The Kier molecular flexibility index (Phi) is 7.82. The van der Waals surface area contributed by atoms with Gasteiger partial charge in [0.1, 0.15) is 11.6 Å². The van der Waals surface area contributed by atoms with Crippen LogP contribution in [0, 0.1) is 11.3 Å². The minimum Gasteiger partial charge on any atom is -0.493 e. The Morgan fingerprint density at radius 2 is 1.77 bits per heavy atom. The van der Waals surface area contributed by atoms with Crippen molar-refractivity contribution in [2.45, 2.75) is 19.9 Å². The first-order valence-corrected chi connectivity index (χ1v) is 9.15. The largest absolute Gasteiger partial charge is 0.493 e. The molecular weight excluding hydrogens is 384 g/mol. The highest BCUT2D eigenvalue weighted by molar-refractivity contribution is 5.97. The zero-order chi connectivity index (χ0) is 22.1. The van der Waals surface area contributed by atoms with E-state index in [0.717, 1.165) is 5.56 Å². The van der Waals surface area contributed by atoms with E-state index in [2.05, 4.69) is 16.0 Å². The molecule has 0 fully saturated rings. The third kappa shape index (κ3) is 6.01. The predicted octanol–water partition coefficient (Wildman–Crippen LogP) is 3.36. The first kappa shape index (κ1) is 22.3. The molecule has 2 rings (SSSR count). The number of methoxy groups -OCH3 is 2. The minimum atomic E-state index is -0.523. The summed E-state index contributed by atoms with van der Waals surface area (Å²) in [6, 6.07) is 13.8. The number of carbonyl (C=O) groups excluding carboxylic acids is 2. The van der Waals surface area contributed by atoms with Crippen LogP contribution in [0.4, 0.5) is 11.4 Å². The number of carbonyl (C=O) groups is 2. The van der Waals surface area contributed by atoms with Crippen LogP contribution < -0.4 is 25.4 Å². The summed E-state index contributed by atoms with van der Waals surface area (Å²) in [6.45, 7) is 3.22. The normalized spacial score (nSPS) is 11.6. The van der Waals surface area contributed by atoms with Crippen molar-refractivity contribution in [2.24, 2.45) is 0 Å². The van der Waals surface area contributed by atoms with Gasteiger partial charge in [0, 0.05) is 24.5 Å². The molecule has 2 aromatic rings. The number of anilines is 2. The Morgan fingerprint density at radius 3 is 2.40 bits per heavy atom. The van der Waals surface area contributed by atoms with E-state index in [9.17, 15) is 14.9 Å². The van der Waals surface area contributed by atoms with Gasteiger partial charge >= 0.3 is 0 Å². The van der Waals surface area contributed by atoms with Gasteiger partial charge in [-0.1, -0.05) is 12.1 Å². The molecular formula is C22H24N4O4. The van der Waals surface area contributed by atoms with Crippen LogP contribution in [0.3, 0.4) is 0 Å². The topological polar surface area (TPSA) is 112 Å². The molecule has 1 atom stereocenters. The van der Waals surface area contributed by atoms with Crippen molar-refractivity contribution in [3.8, 4) is 17.6 Å². The lowest BCUT2D eigenvalue weighted by Crippen LogP contribution is -2.28. The molecule has 2 amide bonds. The summed E-state index contributed by atoms with van der Waals surface area (Å²) in [5, 5.41) is 17.7. The first-order valence-electron chi connectivity index (χ1n) is 9.15. The molecule has 8 heteroatoms. The lowest BCUT2D eigenvalue weighted by atomic mass is 10.1. The number of ether oxygens (including phenoxy) is 2. The quantitative estimate of drug-likeness (QED) is 0.456. The van der Waals surface area contributed by atoms with E-state index < -0.39 is 5.91 Å². The molecule has 0 aliphatic carbocycles. The summed E-state index contributed by atoms with van der Waals surface area (Å²) in [5.74, 6) is 0.421. The molecule has 2 aromatic carbocycles. The van der Waals surface area contributed by atoms with E-state index >= 15 is 0 Å². The van der Waals surface area contributed by atoms with Crippen molar-refractivity contribution in [3.63, 3.8) is 0 Å². The summed E-state index contributed by atoms with van der Waals surface area (Å²) in [5.41, 5.74) is 1.93. The third-order valence-corrected chi connectivity index (χ3v) is 4.19. The highest BCUT2D eigenvalue weighted by Crippen LogP contribution is 2.30. The fourth-order valence-electron chi connectivity index (χ4n) is 2.67. The second kappa shape index (κ2) is 10.5. The predicted molar refractivity (Wildman–Crippen MR) is 114 cm³/mol. The zero-order valence-electron chi connectivity index (χ0n) is 17.3. The molecule has 1 unspecified atom stereocenters. The van der Waals surface area contributed by atoms with Crippen molar-refractivity contribution in [3.05, 3.63) is 59.8 Å². The summed E-state index contributed by atoms with van der Waals surface area (Å²) in [7, 11) is 3.08. The van der Waals surface area contributed by atoms with Crippen molar-refractivity contribution in [1.82, 2.24) is 5.32 Å². The Bertz CT molecular complexity index is 995. The molecule has 8 nitrogen and oxygen atoms in total. The van der Waals surface area contributed by atoms with Gasteiger partial charge in [0.05, 0.1) is 20.3 Å². The van der Waals surface area contributed by atoms with Crippen LogP contribution in [0.1, 0.15) is 25.5 Å². The average Bonchev–Trinajstić information content (AvgIpc) is 2.73. The Balaban J connectivity index is 2.09. The number of benzene rings is 2. The fraction of sp³-hybridized carbons (Fsp3) is 0.227. The number of amides is 2. The Labute approximate surface area is 175 Å². The highest BCUT2D eigenvalue weighted by Gasteiger charge is 2.15. The van der Waals surface area contributed by atoms with Crippen LogP contribution in [0.5, 0.6) is 11.5 Å². The molecule has 0 aromatic heterocycles. The molecule has 30 heavy (non-hydrogen) atoms. The molecule has 3 N–H and O–H groups in total. The van der Waals surface area contributed by atoms with Crippen molar-refractivity contribution >= 4 is 23.2 Å². The molecule has 0 saturated carbocycles.